The largest absolute Gasteiger partial charge is 0.444 e. The molecule has 11 heteroatoms. The van der Waals surface area contributed by atoms with Crippen molar-refractivity contribution in [3.63, 3.8) is 0 Å². The molecule has 1 aliphatic rings. The molecule has 3 aromatic rings. The number of carbonyl (C=O) groups excluding carboxylic acids is 2. The summed E-state index contributed by atoms with van der Waals surface area (Å²) in [6, 6.07) is 12.4. The van der Waals surface area contributed by atoms with E-state index in [-0.39, 0.29) is 24.2 Å². The van der Waals surface area contributed by atoms with E-state index in [1.54, 1.807) is 51.7 Å². The maximum Gasteiger partial charge on any atom is 0.408 e. The van der Waals surface area contributed by atoms with Crippen LogP contribution >= 0.6 is 23.4 Å². The van der Waals surface area contributed by atoms with Gasteiger partial charge < -0.3 is 19.4 Å². The van der Waals surface area contributed by atoms with Crippen LogP contribution in [0, 0.1) is 18.3 Å². The second-order valence-electron chi connectivity index (χ2n) is 10.8. The number of nitrogens with zero attached hydrogens (tertiary/aromatic N) is 4. The lowest BCUT2D eigenvalue weighted by atomic mass is 9.96. The summed E-state index contributed by atoms with van der Waals surface area (Å²) in [5, 5.41) is 21.1. The van der Waals surface area contributed by atoms with E-state index in [0.717, 1.165) is 16.0 Å². The van der Waals surface area contributed by atoms with Crippen molar-refractivity contribution < 1.29 is 18.7 Å². The van der Waals surface area contributed by atoms with Gasteiger partial charge in [-0.2, -0.15) is 5.26 Å². The average molecular weight is 568 g/mol. The van der Waals surface area contributed by atoms with E-state index in [0.29, 0.717) is 22.0 Å². The Hall–Kier alpha value is -3.55. The molecule has 0 fully saturated rings. The first kappa shape index (κ1) is 28.5. The molecule has 0 spiro atoms. The maximum atomic E-state index is 13.9. The highest BCUT2D eigenvalue weighted by Crippen LogP contribution is 2.40. The van der Waals surface area contributed by atoms with Gasteiger partial charge in [-0.15, -0.1) is 22.0 Å². The number of carbonyl (C=O) groups is 2. The molecule has 0 saturated carbocycles. The van der Waals surface area contributed by atoms with Crippen LogP contribution in [0.15, 0.2) is 45.7 Å². The quantitative estimate of drug-likeness (QED) is 0.396. The number of hydrogen-bond donors (Lipinski definition) is 1. The van der Waals surface area contributed by atoms with Crippen molar-refractivity contribution in [1.82, 2.24) is 15.5 Å². The number of halogens is 1. The summed E-state index contributed by atoms with van der Waals surface area (Å²) < 4.78 is 11.3. The molecule has 0 bridgehead atoms. The fourth-order valence-corrected chi connectivity index (χ4v) is 5.17. The van der Waals surface area contributed by atoms with E-state index < -0.39 is 23.2 Å². The van der Waals surface area contributed by atoms with Gasteiger partial charge in [0.05, 0.1) is 18.3 Å². The van der Waals surface area contributed by atoms with Gasteiger partial charge in [-0.1, -0.05) is 23.7 Å². The molecule has 1 aromatic heterocycles. The molecule has 2 aromatic carbocycles. The first-order valence-electron chi connectivity index (χ1n) is 12.4. The van der Waals surface area contributed by atoms with Gasteiger partial charge in [0, 0.05) is 21.2 Å². The number of nitriles is 1. The van der Waals surface area contributed by atoms with Crippen molar-refractivity contribution in [3.05, 3.63) is 58.4 Å². The summed E-state index contributed by atoms with van der Waals surface area (Å²) in [6.45, 7) is 10.9. The predicted molar refractivity (Wildman–Crippen MR) is 150 cm³/mol. The molecular weight excluding hydrogens is 538 g/mol. The van der Waals surface area contributed by atoms with Crippen LogP contribution in [0.1, 0.15) is 51.6 Å². The number of hydrogen-bond acceptors (Lipinski definition) is 8. The first-order valence-corrected chi connectivity index (χ1v) is 13.7. The number of fused-ring (bicyclic) bond motifs is 1. The van der Waals surface area contributed by atoms with Crippen LogP contribution in [0.3, 0.4) is 0 Å². The highest BCUT2D eigenvalue weighted by atomic mass is 35.5. The van der Waals surface area contributed by atoms with Gasteiger partial charge >= 0.3 is 6.09 Å². The van der Waals surface area contributed by atoms with Gasteiger partial charge in [0.15, 0.2) is 0 Å². The summed E-state index contributed by atoms with van der Waals surface area (Å²) >= 11 is 7.55. The van der Waals surface area contributed by atoms with Crippen LogP contribution in [0.5, 0.6) is 0 Å². The van der Waals surface area contributed by atoms with Crippen molar-refractivity contribution in [1.29, 1.82) is 5.26 Å². The maximum absolute atomic E-state index is 13.9. The molecule has 204 valence electrons. The van der Waals surface area contributed by atoms with E-state index in [2.05, 4.69) is 21.6 Å². The fourth-order valence-electron chi connectivity index (χ4n) is 3.90. The lowest BCUT2D eigenvalue weighted by Gasteiger charge is -2.27. The van der Waals surface area contributed by atoms with E-state index >= 15 is 0 Å². The molecule has 0 saturated heterocycles. The van der Waals surface area contributed by atoms with E-state index in [9.17, 15) is 14.9 Å². The molecule has 4 rings (SSSR count). The SMILES string of the molecule is Cc1cc2c(cc1-c1nnc(C(C)(C)C#N)o1)N(Cc1ccc(Cl)cc1)C(=O)[C@@H](NC(=O)OC(C)(C)C)CS2. The molecule has 2 amide bonds. The molecule has 1 N–H and O–H groups in total. The number of ether oxygens (including phenoxy) is 1. The minimum absolute atomic E-state index is 0.208. The number of anilines is 1. The number of aryl methyl sites for hydroxylation is 1. The second kappa shape index (κ2) is 10.9. The molecule has 0 radical (unpaired) electrons. The Morgan fingerprint density at radius 1 is 1.23 bits per heavy atom. The van der Waals surface area contributed by atoms with Gasteiger partial charge in [-0.25, -0.2) is 4.79 Å². The van der Waals surface area contributed by atoms with Crippen LogP contribution in [-0.4, -0.2) is 39.6 Å². The van der Waals surface area contributed by atoms with Gasteiger partial charge in [-0.05, 0) is 76.9 Å². The number of alkyl carbamates (subject to hydrolysis) is 1. The van der Waals surface area contributed by atoms with Gasteiger partial charge in [-0.3, -0.25) is 4.79 Å². The zero-order valence-corrected chi connectivity index (χ0v) is 24.2. The van der Waals surface area contributed by atoms with Crippen molar-refractivity contribution in [2.45, 2.75) is 70.0 Å². The number of aromatic nitrogens is 2. The van der Waals surface area contributed by atoms with Crippen molar-refractivity contribution in [2.24, 2.45) is 0 Å². The Morgan fingerprint density at radius 3 is 2.56 bits per heavy atom. The molecule has 9 nitrogen and oxygen atoms in total. The average Bonchev–Trinajstić information content (AvgIpc) is 3.32. The molecule has 39 heavy (non-hydrogen) atoms. The Bertz CT molecular complexity index is 1440. The lowest BCUT2D eigenvalue weighted by molar-refractivity contribution is -0.120. The minimum Gasteiger partial charge on any atom is -0.444 e. The minimum atomic E-state index is -0.947. The van der Waals surface area contributed by atoms with Crippen molar-refractivity contribution in [3.8, 4) is 17.5 Å². The zero-order valence-electron chi connectivity index (χ0n) is 22.7. The van der Waals surface area contributed by atoms with Gasteiger partial charge in [0.25, 0.3) is 5.91 Å². The zero-order chi connectivity index (χ0) is 28.5. The van der Waals surface area contributed by atoms with Crippen LogP contribution in [-0.2, 0) is 21.5 Å². The Labute approximate surface area is 236 Å². The van der Waals surface area contributed by atoms with Gasteiger partial charge in [0.1, 0.15) is 17.1 Å². The van der Waals surface area contributed by atoms with E-state index in [4.69, 9.17) is 20.8 Å². The lowest BCUT2D eigenvalue weighted by Crippen LogP contribution is -2.50. The third-order valence-electron chi connectivity index (χ3n) is 5.98. The second-order valence-corrected chi connectivity index (χ2v) is 12.3. The van der Waals surface area contributed by atoms with E-state index in [1.165, 1.54) is 11.8 Å². The number of benzene rings is 2. The van der Waals surface area contributed by atoms with Gasteiger partial charge in [0.2, 0.25) is 11.8 Å². The van der Waals surface area contributed by atoms with Crippen LogP contribution < -0.4 is 10.2 Å². The summed E-state index contributed by atoms with van der Waals surface area (Å²) in [7, 11) is 0. The summed E-state index contributed by atoms with van der Waals surface area (Å²) in [6.07, 6.45) is -0.658. The standard InChI is InChI=1S/C28H30ClN5O4S/c1-16-11-22-21(12-19(16)23-32-33-25(37-23)28(5,6)15-30)34(13-17-7-9-18(29)10-8-17)24(35)20(14-39-22)31-26(36)38-27(2,3)4/h7-12,20H,13-14H2,1-6H3,(H,31,36)/t20-/m0/s1. The number of nitrogens with one attached hydrogen (secondary N) is 1. The molecule has 1 atom stereocenters. The molecular formula is C28H30ClN5O4S. The normalized spacial score (nSPS) is 15.8. The highest BCUT2D eigenvalue weighted by Gasteiger charge is 2.34. The molecule has 0 unspecified atom stereocenters. The van der Waals surface area contributed by atoms with Crippen molar-refractivity contribution in [2.75, 3.05) is 10.7 Å². The Morgan fingerprint density at radius 2 is 1.92 bits per heavy atom. The molecule has 0 aliphatic carbocycles. The first-order chi connectivity index (χ1) is 18.3. The Kier molecular flexibility index (Phi) is 7.96. The van der Waals surface area contributed by atoms with Crippen LogP contribution in [0.2, 0.25) is 5.02 Å². The highest BCUT2D eigenvalue weighted by molar-refractivity contribution is 7.99. The summed E-state index contributed by atoms with van der Waals surface area (Å²) in [5.41, 5.74) is 1.37. The summed E-state index contributed by atoms with van der Waals surface area (Å²) in [4.78, 5) is 29.0. The summed E-state index contributed by atoms with van der Waals surface area (Å²) in [5.74, 6) is 0.500. The van der Waals surface area contributed by atoms with Crippen molar-refractivity contribution >= 4 is 41.1 Å². The Balaban J connectivity index is 1.75. The number of rotatable bonds is 5. The van der Waals surface area contributed by atoms with E-state index in [1.807, 2.05) is 31.2 Å². The third-order valence-corrected chi connectivity index (χ3v) is 7.37. The number of amides is 2. The van der Waals surface area contributed by atoms with Crippen LogP contribution in [0.25, 0.3) is 11.5 Å². The fraction of sp³-hybridized carbons (Fsp3) is 0.393. The third kappa shape index (κ3) is 6.54. The smallest absolute Gasteiger partial charge is 0.408 e. The molecule has 1 aliphatic heterocycles. The van der Waals surface area contributed by atoms with Crippen LogP contribution in [0.4, 0.5) is 10.5 Å². The number of thioether (sulfide) groups is 1. The predicted octanol–water partition coefficient (Wildman–Crippen LogP) is 6.03. The molecule has 2 heterocycles. The topological polar surface area (TPSA) is 121 Å². The monoisotopic (exact) mass is 567 g/mol.